The number of cyclic esters (lactones) is 1. The highest BCUT2D eigenvalue weighted by Gasteiger charge is 2.62. The molecule has 0 bridgehead atoms. The van der Waals surface area contributed by atoms with Gasteiger partial charge in [0.1, 0.15) is 11.6 Å². The van der Waals surface area contributed by atoms with Gasteiger partial charge in [0.05, 0.1) is 19.3 Å². The lowest BCUT2D eigenvalue weighted by Gasteiger charge is -2.22. The Kier molecular flexibility index (Phi) is 3.82. The number of methoxy groups -OCH3 is 1. The van der Waals surface area contributed by atoms with E-state index in [-0.39, 0.29) is 12.5 Å². The third-order valence-electron chi connectivity index (χ3n) is 4.89. The Morgan fingerprint density at radius 2 is 1.96 bits per heavy atom. The summed E-state index contributed by atoms with van der Waals surface area (Å²) in [7, 11) is 1.22. The fraction of sp³-hybridized carbons (Fsp3) is 0.500. The number of nitrogens with one attached hydrogen (secondary N) is 1. The standard InChI is InChI=1S/C16H16F3NO4/c1-15-10(7-24-14(15)22)11(12(20-15)13(21)23-2)8-3-5-9(6-4-8)16(17,18)19/h3-6,10-12,20H,7H2,1-2H3/t10-,11-,12-,15+/m0/s1. The van der Waals surface area contributed by atoms with Crippen molar-refractivity contribution in [3.8, 4) is 0 Å². The van der Waals surface area contributed by atoms with Gasteiger partial charge in [0.2, 0.25) is 0 Å². The topological polar surface area (TPSA) is 64.6 Å². The number of alkyl halides is 3. The van der Waals surface area contributed by atoms with E-state index in [0.29, 0.717) is 5.56 Å². The monoisotopic (exact) mass is 343 g/mol. The first-order valence-electron chi connectivity index (χ1n) is 7.38. The Balaban J connectivity index is 1.99. The van der Waals surface area contributed by atoms with Gasteiger partial charge in [-0.25, -0.2) is 0 Å². The number of hydrogen-bond acceptors (Lipinski definition) is 5. The van der Waals surface area contributed by atoms with Crippen LogP contribution in [0.1, 0.15) is 24.0 Å². The quantitative estimate of drug-likeness (QED) is 0.831. The lowest BCUT2D eigenvalue weighted by molar-refractivity contribution is -0.146. The number of ether oxygens (including phenoxy) is 2. The van der Waals surface area contributed by atoms with Crippen LogP contribution in [-0.4, -0.2) is 37.2 Å². The lowest BCUT2D eigenvalue weighted by atomic mass is 9.78. The van der Waals surface area contributed by atoms with Crippen LogP contribution in [0.5, 0.6) is 0 Å². The lowest BCUT2D eigenvalue weighted by Crippen LogP contribution is -2.49. The number of carbonyl (C=O) groups is 2. The van der Waals surface area contributed by atoms with Crippen LogP contribution in [0, 0.1) is 5.92 Å². The summed E-state index contributed by atoms with van der Waals surface area (Å²) in [6, 6.07) is 3.78. The molecule has 1 aromatic rings. The molecule has 0 aromatic heterocycles. The molecule has 8 heteroatoms. The highest BCUT2D eigenvalue weighted by molar-refractivity contribution is 5.87. The number of rotatable bonds is 2. The Morgan fingerprint density at radius 1 is 1.33 bits per heavy atom. The van der Waals surface area contributed by atoms with Crippen LogP contribution < -0.4 is 5.32 Å². The molecular formula is C16H16F3NO4. The molecule has 5 nitrogen and oxygen atoms in total. The molecule has 0 spiro atoms. The van der Waals surface area contributed by atoms with Gasteiger partial charge in [-0.2, -0.15) is 13.2 Å². The largest absolute Gasteiger partial charge is 0.468 e. The zero-order valence-corrected chi connectivity index (χ0v) is 13.0. The Morgan fingerprint density at radius 3 is 2.50 bits per heavy atom. The maximum Gasteiger partial charge on any atom is 0.416 e. The maximum atomic E-state index is 12.7. The number of hydrogen-bond donors (Lipinski definition) is 1. The van der Waals surface area contributed by atoms with E-state index < -0.39 is 41.2 Å². The SMILES string of the molecule is COC(=O)[C@H]1N[C@@]2(C)C(=O)OC[C@H]2[C@@H]1c1ccc(C(F)(F)F)cc1. The molecule has 1 N–H and O–H groups in total. The van der Waals surface area contributed by atoms with Gasteiger partial charge in [-0.15, -0.1) is 0 Å². The molecule has 0 saturated carbocycles. The van der Waals surface area contributed by atoms with Gasteiger partial charge in [0.15, 0.2) is 0 Å². The summed E-state index contributed by atoms with van der Waals surface area (Å²) in [5.74, 6) is -1.93. The molecule has 0 amide bonds. The first-order chi connectivity index (χ1) is 11.2. The zero-order chi connectivity index (χ0) is 17.7. The van der Waals surface area contributed by atoms with Crippen LogP contribution in [0.2, 0.25) is 0 Å². The van der Waals surface area contributed by atoms with E-state index in [0.717, 1.165) is 12.1 Å². The van der Waals surface area contributed by atoms with Gasteiger partial charge < -0.3 is 9.47 Å². The van der Waals surface area contributed by atoms with Crippen LogP contribution in [0.15, 0.2) is 24.3 Å². The van der Waals surface area contributed by atoms with Gasteiger partial charge in [0, 0.05) is 11.8 Å². The summed E-state index contributed by atoms with van der Waals surface area (Å²) in [4.78, 5) is 24.1. The van der Waals surface area contributed by atoms with E-state index in [9.17, 15) is 22.8 Å². The molecule has 4 atom stereocenters. The predicted octanol–water partition coefficient (Wildman–Crippen LogP) is 1.87. The third-order valence-corrected chi connectivity index (χ3v) is 4.89. The molecular weight excluding hydrogens is 327 g/mol. The molecule has 3 rings (SSSR count). The summed E-state index contributed by atoms with van der Waals surface area (Å²) < 4.78 is 48.1. The minimum atomic E-state index is -4.44. The van der Waals surface area contributed by atoms with E-state index in [1.54, 1.807) is 6.92 Å². The molecule has 0 unspecified atom stereocenters. The molecule has 1 aromatic carbocycles. The van der Waals surface area contributed by atoms with Crippen LogP contribution in [0.25, 0.3) is 0 Å². The second-order valence-corrected chi connectivity index (χ2v) is 6.20. The minimum absolute atomic E-state index is 0.0987. The maximum absolute atomic E-state index is 12.7. The van der Waals surface area contributed by atoms with E-state index in [1.165, 1.54) is 19.2 Å². The summed E-state index contributed by atoms with van der Waals surface area (Å²) in [6.07, 6.45) is -4.44. The van der Waals surface area contributed by atoms with Crippen molar-refractivity contribution in [2.45, 2.75) is 30.6 Å². The molecule has 2 heterocycles. The summed E-state index contributed by atoms with van der Waals surface area (Å²) in [5, 5.41) is 2.95. The van der Waals surface area contributed by atoms with Crippen molar-refractivity contribution in [3.63, 3.8) is 0 Å². The van der Waals surface area contributed by atoms with E-state index >= 15 is 0 Å². The average Bonchev–Trinajstić information content (AvgIpc) is 2.99. The molecule has 2 aliphatic rings. The van der Waals surface area contributed by atoms with Crippen molar-refractivity contribution < 1.29 is 32.2 Å². The smallest absolute Gasteiger partial charge is 0.416 e. The molecule has 2 fully saturated rings. The van der Waals surface area contributed by atoms with E-state index in [1.807, 2.05) is 0 Å². The van der Waals surface area contributed by atoms with Crippen LogP contribution in [0.4, 0.5) is 13.2 Å². The fourth-order valence-corrected chi connectivity index (χ4v) is 3.56. The van der Waals surface area contributed by atoms with Crippen molar-refractivity contribution in [1.29, 1.82) is 0 Å². The molecule has 130 valence electrons. The Hall–Kier alpha value is -2.09. The van der Waals surface area contributed by atoms with Gasteiger partial charge >= 0.3 is 18.1 Å². The minimum Gasteiger partial charge on any atom is -0.468 e. The third kappa shape index (κ3) is 2.45. The summed E-state index contributed by atoms with van der Waals surface area (Å²) in [6.45, 7) is 1.73. The summed E-state index contributed by atoms with van der Waals surface area (Å²) >= 11 is 0. The summed E-state index contributed by atoms with van der Waals surface area (Å²) in [5.41, 5.74) is -1.31. The molecule has 24 heavy (non-hydrogen) atoms. The number of benzene rings is 1. The number of halogens is 3. The second kappa shape index (κ2) is 5.47. The van der Waals surface area contributed by atoms with Gasteiger partial charge in [-0.3, -0.25) is 14.9 Å². The van der Waals surface area contributed by atoms with Crippen molar-refractivity contribution in [3.05, 3.63) is 35.4 Å². The van der Waals surface area contributed by atoms with Crippen molar-refractivity contribution in [1.82, 2.24) is 5.32 Å². The van der Waals surface area contributed by atoms with Gasteiger partial charge in [-0.1, -0.05) is 12.1 Å². The Labute approximate surface area is 136 Å². The van der Waals surface area contributed by atoms with Crippen molar-refractivity contribution in [2.75, 3.05) is 13.7 Å². The van der Waals surface area contributed by atoms with E-state index in [2.05, 4.69) is 5.32 Å². The molecule has 2 aliphatic heterocycles. The highest BCUT2D eigenvalue weighted by atomic mass is 19.4. The van der Waals surface area contributed by atoms with E-state index in [4.69, 9.17) is 9.47 Å². The normalized spacial score (nSPS) is 32.4. The number of fused-ring (bicyclic) bond motifs is 1. The zero-order valence-electron chi connectivity index (χ0n) is 13.0. The Bertz CT molecular complexity index is 673. The van der Waals surface area contributed by atoms with Crippen LogP contribution in [-0.2, 0) is 25.2 Å². The van der Waals surface area contributed by atoms with Gasteiger partial charge in [0.25, 0.3) is 0 Å². The molecule has 2 saturated heterocycles. The molecule has 0 aliphatic carbocycles. The number of esters is 2. The predicted molar refractivity (Wildman–Crippen MR) is 76.0 cm³/mol. The molecule has 0 radical (unpaired) electrons. The first-order valence-corrected chi connectivity index (χ1v) is 7.38. The van der Waals surface area contributed by atoms with Crippen LogP contribution in [0.3, 0.4) is 0 Å². The first kappa shape index (κ1) is 16.8. The van der Waals surface area contributed by atoms with Crippen molar-refractivity contribution >= 4 is 11.9 Å². The highest BCUT2D eigenvalue weighted by Crippen LogP contribution is 2.46. The number of carbonyl (C=O) groups excluding carboxylic acids is 2. The fourth-order valence-electron chi connectivity index (χ4n) is 3.56. The van der Waals surface area contributed by atoms with Crippen molar-refractivity contribution in [2.24, 2.45) is 5.92 Å². The second-order valence-electron chi connectivity index (χ2n) is 6.20. The average molecular weight is 343 g/mol. The van der Waals surface area contributed by atoms with Gasteiger partial charge in [-0.05, 0) is 24.6 Å². The van der Waals surface area contributed by atoms with Crippen LogP contribution >= 0.6 is 0 Å².